The van der Waals surface area contributed by atoms with Gasteiger partial charge in [-0.25, -0.2) is 4.99 Å². The molecule has 1 heterocycles. The van der Waals surface area contributed by atoms with E-state index in [9.17, 15) is 4.79 Å². The van der Waals surface area contributed by atoms with Crippen LogP contribution < -0.4 is 10.6 Å². The zero-order chi connectivity index (χ0) is 20.5. The molecule has 1 unspecified atom stereocenters. The molecule has 0 aliphatic carbocycles. The highest BCUT2D eigenvalue weighted by Gasteiger charge is 2.19. The third-order valence-electron chi connectivity index (χ3n) is 5.10. The van der Waals surface area contributed by atoms with Crippen molar-refractivity contribution < 1.29 is 4.79 Å². The maximum Gasteiger partial charge on any atom is 0.253 e. The zero-order valence-corrected chi connectivity index (χ0v) is 18.0. The van der Waals surface area contributed by atoms with Crippen molar-refractivity contribution in [3.8, 4) is 0 Å². The van der Waals surface area contributed by atoms with Gasteiger partial charge in [-0.3, -0.25) is 9.69 Å². The Balaban J connectivity index is 1.88. The van der Waals surface area contributed by atoms with E-state index >= 15 is 0 Å². The lowest BCUT2D eigenvalue weighted by molar-refractivity contribution is 0.0827. The van der Waals surface area contributed by atoms with Crippen LogP contribution in [0.15, 0.2) is 29.3 Å². The molecule has 28 heavy (non-hydrogen) atoms. The first kappa shape index (κ1) is 22.2. The standard InChI is InChI=1S/C21H36N6O/c1-6-22-21(23-15-17(2)27-13-11-26(5)12-14-27)24-16-18-7-9-19(10-8-18)20(28)25(3)4/h7-10,17H,6,11-16H2,1-5H3,(H2,22,23,24). The highest BCUT2D eigenvalue weighted by atomic mass is 16.2. The quantitative estimate of drug-likeness (QED) is 0.541. The molecule has 1 fully saturated rings. The summed E-state index contributed by atoms with van der Waals surface area (Å²) in [5, 5.41) is 6.78. The van der Waals surface area contributed by atoms with Crippen molar-refractivity contribution in [2.24, 2.45) is 4.99 Å². The Morgan fingerprint density at radius 2 is 1.79 bits per heavy atom. The number of hydrogen-bond donors (Lipinski definition) is 2. The molecule has 2 rings (SSSR count). The van der Waals surface area contributed by atoms with Gasteiger partial charge in [-0.05, 0) is 38.6 Å². The van der Waals surface area contributed by atoms with Gasteiger partial charge in [0.15, 0.2) is 5.96 Å². The first-order valence-corrected chi connectivity index (χ1v) is 10.2. The Kier molecular flexibility index (Phi) is 8.73. The van der Waals surface area contributed by atoms with E-state index in [0.29, 0.717) is 18.2 Å². The Bertz CT molecular complexity index is 635. The van der Waals surface area contributed by atoms with Crippen LogP contribution >= 0.6 is 0 Å². The highest BCUT2D eigenvalue weighted by molar-refractivity contribution is 5.93. The summed E-state index contributed by atoms with van der Waals surface area (Å²) >= 11 is 0. The second kappa shape index (κ2) is 11.0. The van der Waals surface area contributed by atoms with E-state index < -0.39 is 0 Å². The number of rotatable bonds is 7. The molecule has 7 nitrogen and oxygen atoms in total. The molecule has 1 aliphatic rings. The summed E-state index contributed by atoms with van der Waals surface area (Å²) in [6.45, 7) is 11.1. The highest BCUT2D eigenvalue weighted by Crippen LogP contribution is 2.08. The van der Waals surface area contributed by atoms with Crippen LogP contribution in [0.25, 0.3) is 0 Å². The van der Waals surface area contributed by atoms with Crippen LogP contribution in [-0.2, 0) is 6.54 Å². The average Bonchev–Trinajstić information content (AvgIpc) is 2.70. The maximum atomic E-state index is 12.0. The number of amides is 1. The molecule has 1 saturated heterocycles. The van der Waals surface area contributed by atoms with Gasteiger partial charge >= 0.3 is 0 Å². The Morgan fingerprint density at radius 1 is 1.14 bits per heavy atom. The third kappa shape index (κ3) is 6.80. The molecule has 7 heteroatoms. The van der Waals surface area contributed by atoms with Crippen molar-refractivity contribution >= 4 is 11.9 Å². The van der Waals surface area contributed by atoms with Gasteiger partial charge in [0, 0.05) is 65.0 Å². The monoisotopic (exact) mass is 388 g/mol. The summed E-state index contributed by atoms with van der Waals surface area (Å²) in [6.07, 6.45) is 0. The molecule has 156 valence electrons. The van der Waals surface area contributed by atoms with Gasteiger partial charge in [-0.15, -0.1) is 0 Å². The summed E-state index contributed by atoms with van der Waals surface area (Å²) in [5.41, 5.74) is 1.78. The summed E-state index contributed by atoms with van der Waals surface area (Å²) < 4.78 is 0. The molecule has 1 aromatic carbocycles. The second-order valence-corrected chi connectivity index (χ2v) is 7.66. The SMILES string of the molecule is CCNC(=NCc1ccc(C(=O)N(C)C)cc1)NCC(C)N1CCN(C)CC1. The van der Waals surface area contributed by atoms with Crippen LogP contribution in [-0.4, -0.2) is 93.0 Å². The van der Waals surface area contributed by atoms with Crippen molar-refractivity contribution in [2.45, 2.75) is 26.4 Å². The summed E-state index contributed by atoms with van der Waals surface area (Å²) in [5.74, 6) is 0.847. The molecule has 1 aromatic rings. The van der Waals surface area contributed by atoms with Crippen LogP contribution in [0, 0.1) is 0 Å². The van der Waals surface area contributed by atoms with E-state index in [1.807, 2.05) is 24.3 Å². The van der Waals surface area contributed by atoms with E-state index in [1.165, 1.54) is 0 Å². The summed E-state index contributed by atoms with van der Waals surface area (Å²) in [6, 6.07) is 8.13. The smallest absolute Gasteiger partial charge is 0.253 e. The van der Waals surface area contributed by atoms with Crippen molar-refractivity contribution in [1.29, 1.82) is 0 Å². The van der Waals surface area contributed by atoms with E-state index in [-0.39, 0.29) is 5.91 Å². The first-order valence-electron chi connectivity index (χ1n) is 10.2. The van der Waals surface area contributed by atoms with Gasteiger partial charge < -0.3 is 20.4 Å². The van der Waals surface area contributed by atoms with Crippen molar-refractivity contribution in [1.82, 2.24) is 25.3 Å². The van der Waals surface area contributed by atoms with Crippen molar-refractivity contribution in [2.75, 3.05) is 60.4 Å². The number of carbonyl (C=O) groups excluding carboxylic acids is 1. The number of likely N-dealkylation sites (N-methyl/N-ethyl adjacent to an activating group) is 1. The molecular weight excluding hydrogens is 352 g/mol. The van der Waals surface area contributed by atoms with E-state index in [1.54, 1.807) is 19.0 Å². The van der Waals surface area contributed by atoms with E-state index in [0.717, 1.165) is 50.8 Å². The first-order chi connectivity index (χ1) is 13.4. The van der Waals surface area contributed by atoms with Crippen molar-refractivity contribution in [3.63, 3.8) is 0 Å². The minimum atomic E-state index is 0.0166. The molecule has 1 amide bonds. The minimum absolute atomic E-state index is 0.0166. The normalized spacial score (nSPS) is 17.2. The molecule has 1 aliphatic heterocycles. The van der Waals surface area contributed by atoms with Gasteiger partial charge in [0.2, 0.25) is 0 Å². The average molecular weight is 389 g/mol. The van der Waals surface area contributed by atoms with Gasteiger partial charge in [-0.1, -0.05) is 12.1 Å². The molecule has 0 spiro atoms. The van der Waals surface area contributed by atoms with Gasteiger partial charge in [0.1, 0.15) is 0 Å². The molecule has 0 saturated carbocycles. The van der Waals surface area contributed by atoms with Gasteiger partial charge in [-0.2, -0.15) is 0 Å². The van der Waals surface area contributed by atoms with Crippen LogP contribution in [0.4, 0.5) is 0 Å². The molecule has 0 aromatic heterocycles. The Hall–Kier alpha value is -2.12. The lowest BCUT2D eigenvalue weighted by atomic mass is 10.1. The lowest BCUT2D eigenvalue weighted by Gasteiger charge is -2.36. The number of carbonyl (C=O) groups is 1. The number of hydrogen-bond acceptors (Lipinski definition) is 4. The predicted molar refractivity (Wildman–Crippen MR) is 116 cm³/mol. The Morgan fingerprint density at radius 3 is 2.36 bits per heavy atom. The summed E-state index contributed by atoms with van der Waals surface area (Å²) in [7, 11) is 5.70. The lowest BCUT2D eigenvalue weighted by Crippen LogP contribution is -2.52. The van der Waals surface area contributed by atoms with Crippen LogP contribution in [0.3, 0.4) is 0 Å². The second-order valence-electron chi connectivity index (χ2n) is 7.66. The van der Waals surface area contributed by atoms with Crippen LogP contribution in [0.5, 0.6) is 0 Å². The fraction of sp³-hybridized carbons (Fsp3) is 0.619. The minimum Gasteiger partial charge on any atom is -0.357 e. The molecule has 0 bridgehead atoms. The topological polar surface area (TPSA) is 63.2 Å². The number of nitrogens with one attached hydrogen (secondary N) is 2. The largest absolute Gasteiger partial charge is 0.357 e. The van der Waals surface area contributed by atoms with Gasteiger partial charge in [0.25, 0.3) is 5.91 Å². The number of nitrogens with zero attached hydrogens (tertiary/aromatic N) is 4. The fourth-order valence-electron chi connectivity index (χ4n) is 3.16. The molecule has 1 atom stereocenters. The van der Waals surface area contributed by atoms with E-state index in [4.69, 9.17) is 4.99 Å². The van der Waals surface area contributed by atoms with Crippen LogP contribution in [0.2, 0.25) is 0 Å². The van der Waals surface area contributed by atoms with Crippen molar-refractivity contribution in [3.05, 3.63) is 35.4 Å². The number of piperazine rings is 1. The van der Waals surface area contributed by atoms with Crippen LogP contribution in [0.1, 0.15) is 29.8 Å². The fourth-order valence-corrected chi connectivity index (χ4v) is 3.16. The molecule has 0 radical (unpaired) electrons. The number of benzene rings is 1. The number of aliphatic imine (C=N–C) groups is 1. The number of guanidine groups is 1. The molecular formula is C21H36N6O. The third-order valence-corrected chi connectivity index (χ3v) is 5.10. The maximum absolute atomic E-state index is 12.0. The predicted octanol–water partition coefficient (Wildman–Crippen LogP) is 1.08. The zero-order valence-electron chi connectivity index (χ0n) is 18.0. The van der Waals surface area contributed by atoms with E-state index in [2.05, 4.69) is 41.3 Å². The molecule has 2 N–H and O–H groups in total. The van der Waals surface area contributed by atoms with Gasteiger partial charge in [0.05, 0.1) is 6.54 Å². The Labute approximate surface area is 169 Å². The summed E-state index contributed by atoms with van der Waals surface area (Å²) in [4.78, 5) is 23.2.